The summed E-state index contributed by atoms with van der Waals surface area (Å²) in [6.45, 7) is 0. The fourth-order valence-corrected chi connectivity index (χ4v) is 3.69. The van der Waals surface area contributed by atoms with Crippen LogP contribution in [0, 0.1) is 0 Å². The van der Waals surface area contributed by atoms with E-state index in [9.17, 15) is 21.4 Å². The number of anilines is 1. The van der Waals surface area contributed by atoms with Crippen molar-refractivity contribution >= 4 is 36.7 Å². The van der Waals surface area contributed by atoms with Crippen molar-refractivity contribution in [2.75, 3.05) is 4.72 Å². The van der Waals surface area contributed by atoms with Crippen LogP contribution in [0.5, 0.6) is 0 Å². The van der Waals surface area contributed by atoms with E-state index in [2.05, 4.69) is 9.71 Å². The van der Waals surface area contributed by atoms with Gasteiger partial charge in [-0.1, -0.05) is 6.07 Å². The number of hydrogen-bond acceptors (Lipinski definition) is 6. The molecule has 1 heterocycles. The topological polar surface area (TPSA) is 116 Å². The van der Waals surface area contributed by atoms with E-state index in [4.69, 9.17) is 0 Å². The van der Waals surface area contributed by atoms with Crippen molar-refractivity contribution in [2.45, 2.75) is 9.79 Å². The van der Waals surface area contributed by atoms with Crippen molar-refractivity contribution in [3.63, 3.8) is 0 Å². The molecule has 9 heteroatoms. The van der Waals surface area contributed by atoms with Gasteiger partial charge < -0.3 is 4.55 Å². The largest absolute Gasteiger partial charge is 0.744 e. The lowest BCUT2D eigenvalue weighted by atomic mass is 10.2. The third-order valence-corrected chi connectivity index (χ3v) is 5.51. The summed E-state index contributed by atoms with van der Waals surface area (Å²) in [6, 6.07) is 12.5. The fraction of sp³-hybridized carbons (Fsp3) is 0. The molecule has 0 bridgehead atoms. The molecule has 3 aromatic rings. The van der Waals surface area contributed by atoms with Gasteiger partial charge in [-0.15, -0.1) is 0 Å². The average molecular weight is 363 g/mol. The molecule has 0 amide bonds. The number of nitrogens with one attached hydrogen (secondary N) is 1. The molecule has 24 heavy (non-hydrogen) atoms. The lowest BCUT2D eigenvalue weighted by molar-refractivity contribution is 0.463. The summed E-state index contributed by atoms with van der Waals surface area (Å²) in [4.78, 5) is 3.74. The van der Waals surface area contributed by atoms with Gasteiger partial charge in [-0.3, -0.25) is 9.71 Å². The molecule has 0 saturated carbocycles. The molecule has 0 radical (unpaired) electrons. The van der Waals surface area contributed by atoms with E-state index in [1.54, 1.807) is 24.4 Å². The Labute approximate surface area is 138 Å². The number of nitrogens with zero attached hydrogens (tertiary/aromatic N) is 1. The molecule has 0 spiro atoms. The van der Waals surface area contributed by atoms with E-state index < -0.39 is 25.0 Å². The Bertz CT molecular complexity index is 1110. The average Bonchev–Trinajstić information content (AvgIpc) is 2.53. The van der Waals surface area contributed by atoms with Gasteiger partial charge in [-0.25, -0.2) is 16.8 Å². The Morgan fingerprint density at radius 3 is 2.21 bits per heavy atom. The zero-order valence-electron chi connectivity index (χ0n) is 12.1. The molecule has 0 saturated heterocycles. The second kappa shape index (κ2) is 5.86. The van der Waals surface area contributed by atoms with Crippen molar-refractivity contribution in [1.82, 2.24) is 4.98 Å². The Morgan fingerprint density at radius 1 is 0.875 bits per heavy atom. The van der Waals surface area contributed by atoms with Crippen molar-refractivity contribution in [1.29, 1.82) is 0 Å². The molecule has 1 N–H and O–H groups in total. The normalized spacial score (nSPS) is 12.2. The Hall–Kier alpha value is -2.49. The van der Waals surface area contributed by atoms with E-state index in [-0.39, 0.29) is 10.6 Å². The van der Waals surface area contributed by atoms with E-state index in [0.29, 0.717) is 10.9 Å². The molecule has 124 valence electrons. The Balaban J connectivity index is 1.92. The molecule has 1 aromatic heterocycles. The van der Waals surface area contributed by atoms with Gasteiger partial charge in [0.15, 0.2) is 0 Å². The predicted molar refractivity (Wildman–Crippen MR) is 87.0 cm³/mol. The second-order valence-corrected chi connectivity index (χ2v) is 8.00. The number of fused-ring (bicyclic) bond motifs is 1. The number of aromatic nitrogens is 1. The van der Waals surface area contributed by atoms with Gasteiger partial charge in [0.05, 0.1) is 15.3 Å². The summed E-state index contributed by atoms with van der Waals surface area (Å²) < 4.78 is 59.8. The number of benzene rings is 2. The van der Waals surface area contributed by atoms with Crippen molar-refractivity contribution < 1.29 is 21.4 Å². The molecule has 0 aliphatic carbocycles. The summed E-state index contributed by atoms with van der Waals surface area (Å²) in [5.41, 5.74) is 0.815. The molecular formula is C15H11N2O5S2-. The zero-order valence-corrected chi connectivity index (χ0v) is 13.7. The Morgan fingerprint density at radius 2 is 1.54 bits per heavy atom. The smallest absolute Gasteiger partial charge is 0.261 e. The highest BCUT2D eigenvalue weighted by Gasteiger charge is 2.15. The van der Waals surface area contributed by atoms with E-state index in [0.717, 1.165) is 12.1 Å². The van der Waals surface area contributed by atoms with E-state index in [1.165, 1.54) is 24.3 Å². The van der Waals surface area contributed by atoms with E-state index in [1.807, 2.05) is 0 Å². The molecule has 0 aliphatic heterocycles. The number of pyridine rings is 1. The standard InChI is InChI=1S/C15H12N2O5S2/c18-23(19,14-7-8-15-11(10-14)2-1-9-16-15)17-12-3-5-13(6-4-12)24(20,21)22/h1-10,17H,(H,20,21,22)/p-1. The molecular weight excluding hydrogens is 352 g/mol. The van der Waals surface area contributed by atoms with E-state index >= 15 is 0 Å². The van der Waals surface area contributed by atoms with Gasteiger partial charge in [0, 0.05) is 17.3 Å². The molecule has 2 aromatic carbocycles. The van der Waals surface area contributed by atoms with Gasteiger partial charge >= 0.3 is 0 Å². The SMILES string of the molecule is O=S(=O)([O-])c1ccc(NS(=O)(=O)c2ccc3ncccc3c2)cc1. The van der Waals surface area contributed by atoms with Crippen LogP contribution in [0.1, 0.15) is 0 Å². The summed E-state index contributed by atoms with van der Waals surface area (Å²) >= 11 is 0. The van der Waals surface area contributed by atoms with Gasteiger partial charge in [0.2, 0.25) is 0 Å². The van der Waals surface area contributed by atoms with Crippen LogP contribution in [0.3, 0.4) is 0 Å². The van der Waals surface area contributed by atoms with Crippen LogP contribution in [-0.4, -0.2) is 26.4 Å². The van der Waals surface area contributed by atoms with Gasteiger partial charge in [-0.05, 0) is 48.5 Å². The first-order valence-corrected chi connectivity index (χ1v) is 9.58. The highest BCUT2D eigenvalue weighted by Crippen LogP contribution is 2.21. The highest BCUT2D eigenvalue weighted by atomic mass is 32.2. The first kappa shape index (κ1) is 16.4. The van der Waals surface area contributed by atoms with Gasteiger partial charge in [0.25, 0.3) is 10.0 Å². The quantitative estimate of drug-likeness (QED) is 0.708. The maximum atomic E-state index is 12.4. The van der Waals surface area contributed by atoms with Crippen LogP contribution in [0.4, 0.5) is 5.69 Å². The molecule has 0 fully saturated rings. The van der Waals surface area contributed by atoms with Crippen LogP contribution >= 0.6 is 0 Å². The third-order valence-electron chi connectivity index (χ3n) is 3.28. The van der Waals surface area contributed by atoms with Crippen LogP contribution < -0.4 is 4.72 Å². The number of hydrogen-bond donors (Lipinski definition) is 1. The molecule has 7 nitrogen and oxygen atoms in total. The number of rotatable bonds is 4. The van der Waals surface area contributed by atoms with Crippen LogP contribution in [0.15, 0.2) is 70.6 Å². The van der Waals surface area contributed by atoms with Crippen LogP contribution in [0.25, 0.3) is 10.9 Å². The third kappa shape index (κ3) is 3.37. The lowest BCUT2D eigenvalue weighted by Crippen LogP contribution is -2.13. The minimum absolute atomic E-state index is 0.0449. The zero-order chi connectivity index (χ0) is 17.4. The first-order chi connectivity index (χ1) is 11.3. The van der Waals surface area contributed by atoms with Gasteiger partial charge in [0.1, 0.15) is 10.1 Å². The molecule has 0 aliphatic rings. The first-order valence-electron chi connectivity index (χ1n) is 6.69. The molecule has 3 rings (SSSR count). The minimum atomic E-state index is -4.57. The maximum absolute atomic E-state index is 12.4. The molecule has 0 atom stereocenters. The van der Waals surface area contributed by atoms with Crippen LogP contribution in [-0.2, 0) is 20.1 Å². The van der Waals surface area contributed by atoms with Crippen molar-refractivity contribution in [3.8, 4) is 0 Å². The summed E-state index contributed by atoms with van der Waals surface area (Å²) in [5, 5.41) is 0.674. The monoisotopic (exact) mass is 363 g/mol. The van der Waals surface area contributed by atoms with Crippen molar-refractivity contribution in [3.05, 3.63) is 60.8 Å². The minimum Gasteiger partial charge on any atom is -0.744 e. The van der Waals surface area contributed by atoms with Gasteiger partial charge in [-0.2, -0.15) is 0 Å². The summed E-state index contributed by atoms with van der Waals surface area (Å²) in [5.74, 6) is 0. The second-order valence-electron chi connectivity index (χ2n) is 4.94. The fourth-order valence-electron chi connectivity index (χ4n) is 2.12. The maximum Gasteiger partial charge on any atom is 0.261 e. The predicted octanol–water partition coefficient (Wildman–Crippen LogP) is 1.94. The van der Waals surface area contributed by atoms with Crippen LogP contribution in [0.2, 0.25) is 0 Å². The summed E-state index contributed by atoms with van der Waals surface area (Å²) in [6.07, 6.45) is 1.61. The highest BCUT2D eigenvalue weighted by molar-refractivity contribution is 7.92. The lowest BCUT2D eigenvalue weighted by Gasteiger charge is -2.11. The van der Waals surface area contributed by atoms with Crippen molar-refractivity contribution in [2.24, 2.45) is 0 Å². The molecule has 0 unspecified atom stereocenters. The summed E-state index contributed by atoms with van der Waals surface area (Å²) in [7, 11) is -8.43. The Kier molecular flexibility index (Phi) is 3.99. The number of sulfonamides is 1.